The smallest absolute Gasteiger partial charge is 0.309 e. The van der Waals surface area contributed by atoms with Gasteiger partial charge in [-0.05, 0) is 33.6 Å². The van der Waals surface area contributed by atoms with Crippen molar-refractivity contribution < 1.29 is 9.90 Å². The molecule has 1 N–H and O–H groups in total. The van der Waals surface area contributed by atoms with Gasteiger partial charge in [0.05, 0.1) is 18.7 Å². The summed E-state index contributed by atoms with van der Waals surface area (Å²) in [5.74, 6) is -0.889. The maximum absolute atomic E-state index is 10.6. The lowest BCUT2D eigenvalue weighted by Crippen LogP contribution is -2.02. The summed E-state index contributed by atoms with van der Waals surface area (Å²) in [6.45, 7) is 0.611. The summed E-state index contributed by atoms with van der Waals surface area (Å²) in [5, 5.41) is 24.8. The topological polar surface area (TPSA) is 93.8 Å². The number of carboxylic acid groups (broad SMARTS) is 1. The average Bonchev–Trinajstić information content (AvgIpc) is 3.14. The molecule has 0 atom stereocenters. The number of aromatic nitrogens is 5. The third kappa shape index (κ3) is 3.65. The number of carbonyl (C=O) groups is 1. The third-order valence-electron chi connectivity index (χ3n) is 2.43. The largest absolute Gasteiger partial charge is 0.481 e. The standard InChI is InChI=1S/C11H9N5O2S3/c17-9(18)4-7-6-20-11(12-7)21-10-13-14-15-16(10)5-8-2-1-3-19-8/h1-3,6H,4-5H2,(H,17,18). The summed E-state index contributed by atoms with van der Waals surface area (Å²) in [7, 11) is 0. The molecule has 0 aliphatic rings. The van der Waals surface area contributed by atoms with Gasteiger partial charge in [0.1, 0.15) is 0 Å². The number of nitrogens with zero attached hydrogens (tertiary/aromatic N) is 5. The van der Waals surface area contributed by atoms with Crippen molar-refractivity contribution in [1.82, 2.24) is 25.2 Å². The minimum Gasteiger partial charge on any atom is -0.481 e. The quantitative estimate of drug-likeness (QED) is 0.734. The van der Waals surface area contributed by atoms with Gasteiger partial charge in [0.2, 0.25) is 5.16 Å². The molecule has 3 rings (SSSR count). The average molecular weight is 339 g/mol. The van der Waals surface area contributed by atoms with Crippen LogP contribution in [0.25, 0.3) is 0 Å². The van der Waals surface area contributed by atoms with Gasteiger partial charge < -0.3 is 5.11 Å². The number of thiophene rings is 1. The first kappa shape index (κ1) is 14.2. The predicted octanol–water partition coefficient (Wildman–Crippen LogP) is 2.02. The van der Waals surface area contributed by atoms with E-state index < -0.39 is 5.97 Å². The van der Waals surface area contributed by atoms with E-state index in [1.807, 2.05) is 17.5 Å². The van der Waals surface area contributed by atoms with Gasteiger partial charge in [-0.3, -0.25) is 4.79 Å². The van der Waals surface area contributed by atoms with Crippen LogP contribution in [0.2, 0.25) is 0 Å². The van der Waals surface area contributed by atoms with Gasteiger partial charge in [0, 0.05) is 10.3 Å². The Hall–Kier alpha value is -1.78. The van der Waals surface area contributed by atoms with E-state index in [1.165, 1.54) is 23.1 Å². The monoisotopic (exact) mass is 339 g/mol. The fourth-order valence-corrected chi connectivity index (χ4v) is 3.96. The Labute approximate surface area is 131 Å². The van der Waals surface area contributed by atoms with Crippen molar-refractivity contribution in [2.45, 2.75) is 22.5 Å². The molecule has 0 saturated carbocycles. The molecule has 0 aliphatic carbocycles. The second-order valence-electron chi connectivity index (χ2n) is 3.98. The molecule has 0 unspecified atom stereocenters. The second kappa shape index (κ2) is 6.33. The molecule has 0 spiro atoms. The first-order valence-electron chi connectivity index (χ1n) is 5.83. The van der Waals surface area contributed by atoms with Crippen LogP contribution in [0.4, 0.5) is 0 Å². The number of rotatable bonds is 6. The molecular weight excluding hydrogens is 330 g/mol. The van der Waals surface area contributed by atoms with Crippen molar-refractivity contribution in [2.24, 2.45) is 0 Å². The van der Waals surface area contributed by atoms with Crippen molar-refractivity contribution in [3.05, 3.63) is 33.5 Å². The predicted molar refractivity (Wildman–Crippen MR) is 78.8 cm³/mol. The summed E-state index contributed by atoms with van der Waals surface area (Å²) >= 11 is 4.37. The first-order chi connectivity index (χ1) is 10.2. The number of carboxylic acids is 1. The summed E-state index contributed by atoms with van der Waals surface area (Å²) < 4.78 is 2.43. The van der Waals surface area contributed by atoms with Crippen LogP contribution < -0.4 is 0 Å². The molecule has 0 aliphatic heterocycles. The SMILES string of the molecule is O=C(O)Cc1csc(Sc2nnnn2Cc2cccs2)n1. The van der Waals surface area contributed by atoms with Crippen molar-refractivity contribution in [1.29, 1.82) is 0 Å². The lowest BCUT2D eigenvalue weighted by molar-refractivity contribution is -0.136. The molecule has 10 heteroatoms. The number of aliphatic carboxylic acids is 1. The van der Waals surface area contributed by atoms with Gasteiger partial charge >= 0.3 is 5.97 Å². The molecule has 108 valence electrons. The fraction of sp³-hybridized carbons (Fsp3) is 0.182. The van der Waals surface area contributed by atoms with Crippen molar-refractivity contribution in [2.75, 3.05) is 0 Å². The van der Waals surface area contributed by atoms with E-state index in [0.717, 1.165) is 9.22 Å². The molecule has 0 amide bonds. The zero-order valence-electron chi connectivity index (χ0n) is 10.5. The van der Waals surface area contributed by atoms with Crippen molar-refractivity contribution in [3.8, 4) is 0 Å². The maximum Gasteiger partial charge on any atom is 0.309 e. The summed E-state index contributed by atoms with van der Waals surface area (Å²) in [5.41, 5.74) is 0.548. The molecule has 21 heavy (non-hydrogen) atoms. The van der Waals surface area contributed by atoms with Crippen molar-refractivity contribution >= 4 is 40.4 Å². The minimum absolute atomic E-state index is 0.0722. The summed E-state index contributed by atoms with van der Waals surface area (Å²) in [4.78, 5) is 16.1. The Kier molecular flexibility index (Phi) is 4.27. The maximum atomic E-state index is 10.6. The number of tetrazole rings is 1. The van der Waals surface area contributed by atoms with E-state index in [-0.39, 0.29) is 6.42 Å². The minimum atomic E-state index is -0.889. The van der Waals surface area contributed by atoms with Gasteiger partial charge in [-0.2, -0.15) is 0 Å². The van der Waals surface area contributed by atoms with E-state index in [9.17, 15) is 4.79 Å². The number of hydrogen-bond donors (Lipinski definition) is 1. The Morgan fingerprint density at radius 3 is 3.10 bits per heavy atom. The van der Waals surface area contributed by atoms with Crippen LogP contribution in [-0.4, -0.2) is 36.3 Å². The number of thiazole rings is 1. The normalized spacial score (nSPS) is 10.9. The highest BCUT2D eigenvalue weighted by Gasteiger charge is 2.13. The molecule has 7 nitrogen and oxygen atoms in total. The summed E-state index contributed by atoms with van der Waals surface area (Å²) in [6.07, 6.45) is -0.0722. The van der Waals surface area contributed by atoms with Crippen LogP contribution in [0.15, 0.2) is 32.4 Å². The van der Waals surface area contributed by atoms with Crippen LogP contribution in [0.3, 0.4) is 0 Å². The van der Waals surface area contributed by atoms with Gasteiger partial charge in [-0.1, -0.05) is 6.07 Å². The van der Waals surface area contributed by atoms with Crippen molar-refractivity contribution in [3.63, 3.8) is 0 Å². The number of hydrogen-bond acceptors (Lipinski definition) is 8. The highest BCUT2D eigenvalue weighted by molar-refractivity contribution is 8.00. The fourth-order valence-electron chi connectivity index (χ4n) is 1.57. The molecule has 3 aromatic heterocycles. The van der Waals surface area contributed by atoms with Crippen LogP contribution in [-0.2, 0) is 17.8 Å². The second-order valence-corrected chi connectivity index (χ2v) is 7.08. The Morgan fingerprint density at radius 2 is 2.33 bits per heavy atom. The Morgan fingerprint density at radius 1 is 1.43 bits per heavy atom. The van der Waals surface area contributed by atoms with Crippen LogP contribution in [0, 0.1) is 0 Å². The lowest BCUT2D eigenvalue weighted by Gasteiger charge is -2.00. The first-order valence-corrected chi connectivity index (χ1v) is 8.41. The Bertz CT molecular complexity index is 737. The van der Waals surface area contributed by atoms with E-state index in [0.29, 0.717) is 17.4 Å². The lowest BCUT2D eigenvalue weighted by atomic mass is 10.3. The zero-order valence-corrected chi connectivity index (χ0v) is 13.0. The molecule has 0 saturated heterocycles. The summed E-state index contributed by atoms with van der Waals surface area (Å²) in [6, 6.07) is 4.01. The van der Waals surface area contributed by atoms with Crippen LogP contribution in [0.5, 0.6) is 0 Å². The van der Waals surface area contributed by atoms with Crippen LogP contribution >= 0.6 is 34.4 Å². The highest BCUT2D eigenvalue weighted by Crippen LogP contribution is 2.29. The van der Waals surface area contributed by atoms with Gasteiger partial charge in [-0.15, -0.1) is 27.8 Å². The molecule has 0 fully saturated rings. The highest BCUT2D eigenvalue weighted by atomic mass is 32.2. The molecule has 0 bridgehead atoms. The van der Waals surface area contributed by atoms with Crippen LogP contribution in [0.1, 0.15) is 10.6 Å². The molecular formula is C11H9N5O2S3. The Balaban J connectivity index is 1.72. The zero-order chi connectivity index (χ0) is 14.7. The van der Waals surface area contributed by atoms with E-state index in [4.69, 9.17) is 5.11 Å². The molecule has 3 heterocycles. The van der Waals surface area contributed by atoms with E-state index in [1.54, 1.807) is 21.4 Å². The third-order valence-corrected chi connectivity index (χ3v) is 5.25. The molecule has 0 radical (unpaired) electrons. The molecule has 0 aromatic carbocycles. The van der Waals surface area contributed by atoms with Gasteiger partial charge in [0.25, 0.3) is 0 Å². The van der Waals surface area contributed by atoms with E-state index in [2.05, 4.69) is 20.5 Å². The van der Waals surface area contributed by atoms with Gasteiger partial charge in [-0.25, -0.2) is 9.67 Å². The molecule has 3 aromatic rings. The van der Waals surface area contributed by atoms with E-state index >= 15 is 0 Å². The van der Waals surface area contributed by atoms with Gasteiger partial charge in [0.15, 0.2) is 4.34 Å².